The zero-order valence-electron chi connectivity index (χ0n) is 11.9. The molecule has 0 spiro atoms. The third-order valence-corrected chi connectivity index (χ3v) is 4.94. The molecule has 1 atom stereocenters. The summed E-state index contributed by atoms with van der Waals surface area (Å²) in [6, 6.07) is 9.39. The molecule has 4 heteroatoms. The molecule has 110 valence electrons. The molecule has 0 amide bonds. The van der Waals surface area contributed by atoms with Crippen LogP contribution in [0.5, 0.6) is 0 Å². The Hall–Kier alpha value is -0.420. The molecule has 2 fully saturated rings. The summed E-state index contributed by atoms with van der Waals surface area (Å²) in [6.45, 7) is 6.34. The molecule has 2 saturated heterocycles. The van der Waals surface area contributed by atoms with E-state index >= 15 is 0 Å². The fraction of sp³-hybridized carbons (Fsp3) is 0.625. The fourth-order valence-electron chi connectivity index (χ4n) is 3.46. The molecule has 0 aliphatic carbocycles. The Balaban J connectivity index is 1.85. The number of hydrogen-bond acceptors (Lipinski definition) is 3. The molecule has 1 N–H and O–H groups in total. The van der Waals surface area contributed by atoms with Crippen molar-refractivity contribution in [2.45, 2.75) is 18.9 Å². The Morgan fingerprint density at radius 3 is 2.65 bits per heavy atom. The average Bonchev–Trinajstić information content (AvgIpc) is 2.50. The maximum Gasteiger partial charge on any atom is 0.0469 e. The Morgan fingerprint density at radius 2 is 1.95 bits per heavy atom. The van der Waals surface area contributed by atoms with Gasteiger partial charge in [-0.2, -0.15) is 0 Å². The van der Waals surface area contributed by atoms with Crippen LogP contribution in [0.15, 0.2) is 28.7 Å². The third kappa shape index (κ3) is 3.42. The highest BCUT2D eigenvalue weighted by Gasteiger charge is 2.31. The highest BCUT2D eigenvalue weighted by atomic mass is 79.9. The van der Waals surface area contributed by atoms with Crippen molar-refractivity contribution in [3.63, 3.8) is 0 Å². The van der Waals surface area contributed by atoms with E-state index < -0.39 is 0 Å². The van der Waals surface area contributed by atoms with Crippen LogP contribution in [0.25, 0.3) is 0 Å². The van der Waals surface area contributed by atoms with Gasteiger partial charge in [0.15, 0.2) is 0 Å². The molecule has 2 heterocycles. The van der Waals surface area contributed by atoms with Gasteiger partial charge in [-0.05, 0) is 36.5 Å². The molecular weight excluding hydrogens is 316 g/mol. The Bertz CT molecular complexity index is 410. The van der Waals surface area contributed by atoms with E-state index in [4.69, 9.17) is 4.74 Å². The second-order valence-corrected chi connectivity index (χ2v) is 6.65. The van der Waals surface area contributed by atoms with Crippen molar-refractivity contribution in [2.75, 3.05) is 39.4 Å². The summed E-state index contributed by atoms with van der Waals surface area (Å²) in [6.07, 6.45) is 2.36. The highest BCUT2D eigenvalue weighted by molar-refractivity contribution is 9.10. The number of ether oxygens (including phenoxy) is 1. The molecule has 0 saturated carbocycles. The van der Waals surface area contributed by atoms with E-state index in [0.29, 0.717) is 6.04 Å². The number of halogens is 1. The van der Waals surface area contributed by atoms with Crippen molar-refractivity contribution in [3.05, 3.63) is 34.3 Å². The topological polar surface area (TPSA) is 24.5 Å². The molecule has 0 bridgehead atoms. The van der Waals surface area contributed by atoms with Crippen LogP contribution in [0.2, 0.25) is 0 Å². The summed E-state index contributed by atoms with van der Waals surface area (Å²) in [7, 11) is 0. The zero-order valence-corrected chi connectivity index (χ0v) is 13.4. The first-order valence-electron chi connectivity index (χ1n) is 7.62. The van der Waals surface area contributed by atoms with Gasteiger partial charge < -0.3 is 10.1 Å². The maximum absolute atomic E-state index is 5.56. The number of nitrogens with one attached hydrogen (secondary N) is 1. The van der Waals surface area contributed by atoms with Crippen molar-refractivity contribution >= 4 is 15.9 Å². The van der Waals surface area contributed by atoms with Crippen molar-refractivity contribution in [3.8, 4) is 0 Å². The van der Waals surface area contributed by atoms with Crippen molar-refractivity contribution < 1.29 is 4.74 Å². The molecule has 0 unspecified atom stereocenters. The number of piperazine rings is 1. The average molecular weight is 339 g/mol. The van der Waals surface area contributed by atoms with E-state index in [2.05, 4.69) is 50.4 Å². The first-order valence-corrected chi connectivity index (χ1v) is 8.42. The molecule has 0 radical (unpaired) electrons. The van der Waals surface area contributed by atoms with Gasteiger partial charge in [0.25, 0.3) is 0 Å². The van der Waals surface area contributed by atoms with E-state index in [1.807, 2.05) is 0 Å². The summed E-state index contributed by atoms with van der Waals surface area (Å²) in [5.74, 6) is 0.719. The second kappa shape index (κ2) is 7.03. The summed E-state index contributed by atoms with van der Waals surface area (Å²) in [5.41, 5.74) is 1.45. The van der Waals surface area contributed by atoms with Crippen LogP contribution in [0.3, 0.4) is 0 Å². The molecule has 1 aromatic rings. The minimum atomic E-state index is 0.540. The summed E-state index contributed by atoms with van der Waals surface area (Å²) >= 11 is 3.62. The van der Waals surface area contributed by atoms with Gasteiger partial charge >= 0.3 is 0 Å². The van der Waals surface area contributed by atoms with Crippen LogP contribution in [0.1, 0.15) is 24.4 Å². The molecule has 3 nitrogen and oxygen atoms in total. The molecule has 1 aromatic carbocycles. The van der Waals surface area contributed by atoms with Gasteiger partial charge in [-0.15, -0.1) is 0 Å². The predicted molar refractivity (Wildman–Crippen MR) is 84.9 cm³/mol. The quantitative estimate of drug-likeness (QED) is 0.917. The van der Waals surface area contributed by atoms with Crippen LogP contribution in [0.4, 0.5) is 0 Å². The summed E-state index contributed by atoms with van der Waals surface area (Å²) in [5, 5.41) is 3.46. The second-order valence-electron chi connectivity index (χ2n) is 5.74. The highest BCUT2D eigenvalue weighted by Crippen LogP contribution is 2.36. The minimum absolute atomic E-state index is 0.540. The van der Waals surface area contributed by atoms with E-state index in [1.165, 1.54) is 22.9 Å². The van der Waals surface area contributed by atoms with Gasteiger partial charge in [0.1, 0.15) is 0 Å². The van der Waals surface area contributed by atoms with Crippen molar-refractivity contribution in [1.82, 2.24) is 10.2 Å². The normalized spacial score (nSPS) is 23.6. The molecule has 2 aliphatic rings. The monoisotopic (exact) mass is 338 g/mol. The van der Waals surface area contributed by atoms with Crippen LogP contribution in [-0.4, -0.2) is 44.3 Å². The van der Waals surface area contributed by atoms with Gasteiger partial charge in [0, 0.05) is 49.9 Å². The van der Waals surface area contributed by atoms with Crippen molar-refractivity contribution in [2.24, 2.45) is 5.92 Å². The van der Waals surface area contributed by atoms with Gasteiger partial charge in [0.05, 0.1) is 0 Å². The minimum Gasteiger partial charge on any atom is -0.381 e. The largest absolute Gasteiger partial charge is 0.381 e. The standard InChI is InChI=1S/C16H23BrN2O/c17-15-3-1-2-14(12-15)16(13-4-10-20-11-5-13)19-8-6-18-7-9-19/h1-3,12-13,16,18H,4-11H2/t16-/m0/s1. The number of rotatable bonds is 3. The maximum atomic E-state index is 5.56. The Morgan fingerprint density at radius 1 is 1.20 bits per heavy atom. The number of benzene rings is 1. The molecular formula is C16H23BrN2O. The summed E-state index contributed by atoms with van der Waals surface area (Å²) in [4.78, 5) is 2.66. The first kappa shape index (κ1) is 14.5. The lowest BCUT2D eigenvalue weighted by molar-refractivity contribution is 0.0213. The van der Waals surface area contributed by atoms with E-state index in [-0.39, 0.29) is 0 Å². The van der Waals surface area contributed by atoms with Gasteiger partial charge in [-0.1, -0.05) is 28.1 Å². The van der Waals surface area contributed by atoms with Crippen molar-refractivity contribution in [1.29, 1.82) is 0 Å². The van der Waals surface area contributed by atoms with E-state index in [9.17, 15) is 0 Å². The van der Waals surface area contributed by atoms with Gasteiger partial charge in [-0.3, -0.25) is 4.90 Å². The molecule has 3 rings (SSSR count). The van der Waals surface area contributed by atoms with E-state index in [1.54, 1.807) is 0 Å². The lowest BCUT2D eigenvalue weighted by Gasteiger charge is -2.41. The van der Waals surface area contributed by atoms with Crippen LogP contribution in [-0.2, 0) is 4.74 Å². The van der Waals surface area contributed by atoms with E-state index in [0.717, 1.165) is 45.3 Å². The fourth-order valence-corrected chi connectivity index (χ4v) is 3.88. The Labute approximate surface area is 129 Å². The van der Waals surface area contributed by atoms with Crippen LogP contribution < -0.4 is 5.32 Å². The number of hydrogen-bond donors (Lipinski definition) is 1. The third-order valence-electron chi connectivity index (χ3n) is 4.45. The van der Waals surface area contributed by atoms with Gasteiger partial charge in [-0.25, -0.2) is 0 Å². The molecule has 0 aromatic heterocycles. The smallest absolute Gasteiger partial charge is 0.0469 e. The van der Waals surface area contributed by atoms with Crippen LogP contribution >= 0.6 is 15.9 Å². The Kier molecular flexibility index (Phi) is 5.10. The molecule has 2 aliphatic heterocycles. The van der Waals surface area contributed by atoms with Gasteiger partial charge in [0.2, 0.25) is 0 Å². The SMILES string of the molecule is Brc1cccc([C@H](C2CCOCC2)N2CCNCC2)c1. The lowest BCUT2D eigenvalue weighted by atomic mass is 9.85. The van der Waals surface area contributed by atoms with Crippen LogP contribution in [0, 0.1) is 5.92 Å². The predicted octanol–water partition coefficient (Wildman–Crippen LogP) is 2.82. The lowest BCUT2D eigenvalue weighted by Crippen LogP contribution is -2.47. The molecule has 20 heavy (non-hydrogen) atoms. The number of nitrogens with zero attached hydrogens (tertiary/aromatic N) is 1. The zero-order chi connectivity index (χ0) is 13.8. The first-order chi connectivity index (χ1) is 9.84. The summed E-state index contributed by atoms with van der Waals surface area (Å²) < 4.78 is 6.74.